The maximum Gasteiger partial charge on any atom is 0.0681 e. The average Bonchev–Trinajstić information content (AvgIpc) is 2.39. The summed E-state index contributed by atoms with van der Waals surface area (Å²) in [4.78, 5) is 2.31. The Morgan fingerprint density at radius 3 is 2.50 bits per heavy atom. The molecule has 1 saturated carbocycles. The summed E-state index contributed by atoms with van der Waals surface area (Å²) in [5.74, 6) is 0. The molecule has 1 heterocycles. The van der Waals surface area contributed by atoms with E-state index in [1.807, 2.05) is 13.8 Å². The molecule has 3 atom stereocenters. The fourth-order valence-electron chi connectivity index (χ4n) is 3.40. The van der Waals surface area contributed by atoms with Crippen LogP contribution < -0.4 is 0 Å². The Kier molecular flexibility index (Phi) is 4.64. The van der Waals surface area contributed by atoms with E-state index in [0.29, 0.717) is 0 Å². The summed E-state index contributed by atoms with van der Waals surface area (Å²) in [5.41, 5.74) is 0.00365. The molecule has 1 aliphatic carbocycles. The number of aliphatic hydroxyl groups excluding tert-OH is 2. The minimum Gasteiger partial charge on any atom is -0.392 e. The molecule has 1 spiro atoms. The zero-order chi connectivity index (χ0) is 13.2. The molecule has 0 bridgehead atoms. The third-order valence-corrected chi connectivity index (χ3v) is 4.84. The minimum atomic E-state index is -0.215. The van der Waals surface area contributed by atoms with Gasteiger partial charge in [-0.2, -0.15) is 0 Å². The molecule has 2 N–H and O–H groups in total. The predicted octanol–water partition coefficient (Wildman–Crippen LogP) is 1.01. The van der Waals surface area contributed by atoms with Gasteiger partial charge in [-0.25, -0.2) is 0 Å². The van der Waals surface area contributed by atoms with Crippen LogP contribution in [-0.4, -0.2) is 59.7 Å². The SMILES string of the molecule is CCO[C@H]1C[C@H](O)C12CCN(C[C@H](O)CC)CC2. The number of ether oxygens (including phenoxy) is 1. The Balaban J connectivity index is 1.85. The van der Waals surface area contributed by atoms with Crippen molar-refractivity contribution in [3.05, 3.63) is 0 Å². The topological polar surface area (TPSA) is 52.9 Å². The van der Waals surface area contributed by atoms with E-state index in [1.165, 1.54) is 0 Å². The van der Waals surface area contributed by atoms with Crippen molar-refractivity contribution >= 4 is 0 Å². The van der Waals surface area contributed by atoms with Gasteiger partial charge in [0.2, 0.25) is 0 Å². The normalized spacial score (nSPS) is 33.3. The van der Waals surface area contributed by atoms with Crippen molar-refractivity contribution in [1.82, 2.24) is 4.90 Å². The van der Waals surface area contributed by atoms with E-state index < -0.39 is 0 Å². The first-order chi connectivity index (χ1) is 8.62. The van der Waals surface area contributed by atoms with E-state index >= 15 is 0 Å². The second kappa shape index (κ2) is 5.87. The van der Waals surface area contributed by atoms with E-state index in [4.69, 9.17) is 4.74 Å². The predicted molar refractivity (Wildman–Crippen MR) is 70.4 cm³/mol. The largest absolute Gasteiger partial charge is 0.392 e. The Morgan fingerprint density at radius 1 is 1.33 bits per heavy atom. The molecule has 106 valence electrons. The molecule has 0 amide bonds. The summed E-state index contributed by atoms with van der Waals surface area (Å²) >= 11 is 0. The number of β-amino-alcohol motifs (C(OH)–C–C–N with tert-alkyl or cyclic N) is 1. The number of hydrogen-bond donors (Lipinski definition) is 2. The fourth-order valence-corrected chi connectivity index (χ4v) is 3.40. The summed E-state index contributed by atoms with van der Waals surface area (Å²) in [6.45, 7) is 7.47. The minimum absolute atomic E-state index is 0.00365. The molecule has 2 aliphatic rings. The molecule has 0 aromatic rings. The average molecular weight is 257 g/mol. The highest BCUT2D eigenvalue weighted by atomic mass is 16.5. The van der Waals surface area contributed by atoms with Crippen LogP contribution in [0.4, 0.5) is 0 Å². The fraction of sp³-hybridized carbons (Fsp3) is 1.00. The van der Waals surface area contributed by atoms with Crippen LogP contribution in [0.5, 0.6) is 0 Å². The van der Waals surface area contributed by atoms with Crippen LogP contribution in [0, 0.1) is 5.41 Å². The molecule has 0 radical (unpaired) electrons. The Bertz CT molecular complexity index is 262. The number of rotatable bonds is 5. The second-order valence-corrected chi connectivity index (χ2v) is 5.79. The highest BCUT2D eigenvalue weighted by Gasteiger charge is 2.55. The van der Waals surface area contributed by atoms with Crippen molar-refractivity contribution in [2.24, 2.45) is 5.41 Å². The van der Waals surface area contributed by atoms with Crippen molar-refractivity contribution in [3.63, 3.8) is 0 Å². The van der Waals surface area contributed by atoms with Gasteiger partial charge in [0.1, 0.15) is 0 Å². The lowest BCUT2D eigenvalue weighted by Crippen LogP contribution is -2.62. The number of hydrogen-bond acceptors (Lipinski definition) is 4. The quantitative estimate of drug-likeness (QED) is 0.772. The molecular formula is C14H27NO3. The Hall–Kier alpha value is -0.160. The molecule has 1 saturated heterocycles. The van der Waals surface area contributed by atoms with Gasteiger partial charge in [0, 0.05) is 25.0 Å². The van der Waals surface area contributed by atoms with Gasteiger partial charge in [-0.05, 0) is 39.3 Å². The first kappa shape index (κ1) is 14.3. The molecule has 1 aliphatic heterocycles. The van der Waals surface area contributed by atoms with Crippen LogP contribution in [0.2, 0.25) is 0 Å². The summed E-state index contributed by atoms with van der Waals surface area (Å²) in [5, 5.41) is 19.8. The monoisotopic (exact) mass is 257 g/mol. The molecule has 0 aromatic heterocycles. The zero-order valence-electron chi connectivity index (χ0n) is 11.6. The van der Waals surface area contributed by atoms with Crippen molar-refractivity contribution in [3.8, 4) is 0 Å². The van der Waals surface area contributed by atoms with Crippen LogP contribution in [0.1, 0.15) is 39.5 Å². The van der Waals surface area contributed by atoms with E-state index in [9.17, 15) is 10.2 Å². The highest BCUT2D eigenvalue weighted by Crippen LogP contribution is 2.50. The molecule has 18 heavy (non-hydrogen) atoms. The third kappa shape index (κ3) is 2.57. The van der Waals surface area contributed by atoms with Crippen LogP contribution >= 0.6 is 0 Å². The van der Waals surface area contributed by atoms with Crippen LogP contribution in [0.15, 0.2) is 0 Å². The lowest BCUT2D eigenvalue weighted by Gasteiger charge is -2.56. The van der Waals surface area contributed by atoms with Crippen molar-refractivity contribution < 1.29 is 14.9 Å². The number of piperidine rings is 1. The van der Waals surface area contributed by atoms with E-state index in [2.05, 4.69) is 4.90 Å². The van der Waals surface area contributed by atoms with Gasteiger partial charge in [0.05, 0.1) is 18.3 Å². The van der Waals surface area contributed by atoms with Crippen molar-refractivity contribution in [1.29, 1.82) is 0 Å². The van der Waals surface area contributed by atoms with Gasteiger partial charge in [0.25, 0.3) is 0 Å². The molecule has 0 unspecified atom stereocenters. The van der Waals surface area contributed by atoms with Gasteiger partial charge in [-0.3, -0.25) is 0 Å². The lowest BCUT2D eigenvalue weighted by molar-refractivity contribution is -0.210. The standard InChI is InChI=1S/C14H27NO3/c1-3-11(16)10-15-7-5-14(6-8-15)12(17)9-13(14)18-4-2/h11-13,16-17H,3-10H2,1-2H3/t11-,12+,13+/m1/s1. The summed E-state index contributed by atoms with van der Waals surface area (Å²) < 4.78 is 5.75. The van der Waals surface area contributed by atoms with Crippen molar-refractivity contribution in [2.75, 3.05) is 26.2 Å². The molecule has 0 aromatic carbocycles. The molecular weight excluding hydrogens is 230 g/mol. The molecule has 4 heteroatoms. The van der Waals surface area contributed by atoms with E-state index in [1.54, 1.807) is 0 Å². The van der Waals surface area contributed by atoms with Gasteiger partial charge in [0.15, 0.2) is 0 Å². The number of likely N-dealkylation sites (tertiary alicyclic amines) is 1. The first-order valence-corrected chi connectivity index (χ1v) is 7.32. The van der Waals surface area contributed by atoms with Gasteiger partial charge >= 0.3 is 0 Å². The molecule has 2 rings (SSSR count). The number of nitrogens with zero attached hydrogens (tertiary/aromatic N) is 1. The Labute approximate surface area is 110 Å². The van der Waals surface area contributed by atoms with E-state index in [0.717, 1.165) is 51.9 Å². The maximum atomic E-state index is 10.1. The summed E-state index contributed by atoms with van der Waals surface area (Å²) in [7, 11) is 0. The first-order valence-electron chi connectivity index (χ1n) is 7.32. The maximum absolute atomic E-state index is 10.1. The van der Waals surface area contributed by atoms with Crippen molar-refractivity contribution in [2.45, 2.75) is 57.8 Å². The zero-order valence-corrected chi connectivity index (χ0v) is 11.6. The number of aliphatic hydroxyl groups is 2. The summed E-state index contributed by atoms with van der Waals surface area (Å²) in [6.07, 6.45) is 3.44. The highest BCUT2D eigenvalue weighted by molar-refractivity contribution is 5.06. The van der Waals surface area contributed by atoms with Gasteiger partial charge < -0.3 is 19.8 Å². The van der Waals surface area contributed by atoms with Crippen LogP contribution in [0.25, 0.3) is 0 Å². The third-order valence-electron chi connectivity index (χ3n) is 4.84. The van der Waals surface area contributed by atoms with Crippen LogP contribution in [-0.2, 0) is 4.74 Å². The van der Waals surface area contributed by atoms with Crippen LogP contribution in [0.3, 0.4) is 0 Å². The van der Waals surface area contributed by atoms with E-state index in [-0.39, 0.29) is 23.7 Å². The van der Waals surface area contributed by atoms with Gasteiger partial charge in [-0.1, -0.05) is 6.92 Å². The van der Waals surface area contributed by atoms with Gasteiger partial charge in [-0.15, -0.1) is 0 Å². The second-order valence-electron chi connectivity index (χ2n) is 5.79. The summed E-state index contributed by atoms with van der Waals surface area (Å²) in [6, 6.07) is 0. The smallest absolute Gasteiger partial charge is 0.0681 e. The molecule has 4 nitrogen and oxygen atoms in total. The molecule has 2 fully saturated rings. The Morgan fingerprint density at radius 2 is 2.00 bits per heavy atom. The lowest BCUT2D eigenvalue weighted by atomic mass is 9.58.